The van der Waals surface area contributed by atoms with Crippen LogP contribution in [0.3, 0.4) is 0 Å². The van der Waals surface area contributed by atoms with Crippen molar-refractivity contribution in [3.8, 4) is 0 Å². The van der Waals surface area contributed by atoms with Crippen molar-refractivity contribution in [1.29, 1.82) is 0 Å². The molecule has 0 spiro atoms. The van der Waals surface area contributed by atoms with Crippen LogP contribution in [0, 0.1) is 23.7 Å². The topological polar surface area (TPSA) is 18.5 Å². The molecule has 1 aromatic carbocycles. The fourth-order valence-electron chi connectivity index (χ4n) is 6.32. The summed E-state index contributed by atoms with van der Waals surface area (Å²) >= 11 is 0. The van der Waals surface area contributed by atoms with Crippen LogP contribution in [-0.4, -0.2) is 37.2 Å². The molecule has 0 amide bonds. The van der Waals surface area contributed by atoms with Crippen molar-refractivity contribution in [2.24, 2.45) is 23.7 Å². The molecule has 0 unspecified atom stereocenters. The minimum Gasteiger partial charge on any atom is -0.369 e. The second kappa shape index (κ2) is 7.69. The molecular weight excluding hydrogens is 387 g/mol. The molecule has 0 aromatic heterocycles. The average molecular weight is 416 g/mol. The van der Waals surface area contributed by atoms with E-state index in [0.29, 0.717) is 11.7 Å². The van der Waals surface area contributed by atoms with E-state index in [1.54, 1.807) is 6.07 Å². The second-order valence-electron chi connectivity index (χ2n) is 9.11. The Morgan fingerprint density at radius 2 is 1.46 bits per heavy atom. The molecule has 5 fully saturated rings. The molecule has 0 radical (unpaired) electrons. The highest BCUT2D eigenvalue weighted by Gasteiger charge is 2.48. The van der Waals surface area contributed by atoms with E-state index in [0.717, 1.165) is 55.9 Å². The molecule has 1 heterocycles. The summed E-state index contributed by atoms with van der Waals surface area (Å²) in [6, 6.07) is 6.35. The van der Waals surface area contributed by atoms with E-state index in [1.165, 1.54) is 44.2 Å². The van der Waals surface area contributed by atoms with E-state index in [4.69, 9.17) is 0 Å². The second-order valence-corrected chi connectivity index (χ2v) is 9.11. The van der Waals surface area contributed by atoms with E-state index >= 15 is 0 Å². The Labute approximate surface area is 171 Å². The molecule has 1 saturated heterocycles. The van der Waals surface area contributed by atoms with Crippen molar-refractivity contribution in [3.05, 3.63) is 29.8 Å². The van der Waals surface area contributed by atoms with Crippen LogP contribution in [-0.2, 0) is 6.18 Å². The lowest BCUT2D eigenvalue weighted by molar-refractivity contribution is -0.137. The fourth-order valence-corrected chi connectivity index (χ4v) is 6.32. The zero-order valence-electron chi connectivity index (χ0n) is 16.0. The van der Waals surface area contributed by atoms with E-state index in [2.05, 4.69) is 15.3 Å². The Morgan fingerprint density at radius 3 is 2.04 bits per heavy atom. The lowest BCUT2D eigenvalue weighted by Gasteiger charge is -2.55. The van der Waals surface area contributed by atoms with Crippen LogP contribution < -0.4 is 10.3 Å². The highest BCUT2D eigenvalue weighted by molar-refractivity contribution is 5.85. The van der Waals surface area contributed by atoms with Crippen molar-refractivity contribution >= 4 is 18.1 Å². The number of nitrogens with one attached hydrogen (secondary N) is 1. The maximum Gasteiger partial charge on any atom is 0.416 e. The van der Waals surface area contributed by atoms with Crippen molar-refractivity contribution in [1.82, 2.24) is 10.4 Å². The van der Waals surface area contributed by atoms with E-state index in [9.17, 15) is 13.2 Å². The monoisotopic (exact) mass is 415 g/mol. The molecule has 0 atom stereocenters. The standard InChI is InChI=1S/C21H28F3N3.ClH/c22-21(23,24)18-2-1-3-19(13-18)26-4-6-27(7-5-26)25-20-16-9-14-8-15(11-16)12-17(20)10-14;/h1-3,13-17,20,25H,4-12H2;1H. The number of nitrogens with zero attached hydrogens (tertiary/aromatic N) is 2. The first-order chi connectivity index (χ1) is 13.0. The van der Waals surface area contributed by atoms with Crippen LogP contribution in [0.1, 0.15) is 37.7 Å². The molecule has 6 rings (SSSR count). The molecule has 28 heavy (non-hydrogen) atoms. The van der Waals surface area contributed by atoms with Crippen LogP contribution >= 0.6 is 12.4 Å². The minimum absolute atomic E-state index is 0. The molecule has 7 heteroatoms. The number of benzene rings is 1. The van der Waals surface area contributed by atoms with Crippen LogP contribution in [0.15, 0.2) is 24.3 Å². The molecule has 156 valence electrons. The smallest absolute Gasteiger partial charge is 0.369 e. The van der Waals surface area contributed by atoms with Gasteiger partial charge in [-0.25, -0.2) is 5.01 Å². The van der Waals surface area contributed by atoms with Gasteiger partial charge in [0.25, 0.3) is 0 Å². The first kappa shape index (κ1) is 20.3. The molecule has 4 aliphatic carbocycles. The van der Waals surface area contributed by atoms with Crippen LogP contribution in [0.4, 0.5) is 18.9 Å². The van der Waals surface area contributed by atoms with Gasteiger partial charge in [0.05, 0.1) is 5.56 Å². The Hall–Kier alpha value is -0.980. The van der Waals surface area contributed by atoms with Crippen molar-refractivity contribution in [2.75, 3.05) is 31.1 Å². The third-order valence-electron chi connectivity index (χ3n) is 7.38. The van der Waals surface area contributed by atoms with Crippen LogP contribution in [0.2, 0.25) is 0 Å². The largest absolute Gasteiger partial charge is 0.416 e. The van der Waals surface area contributed by atoms with Crippen molar-refractivity contribution in [2.45, 2.75) is 44.3 Å². The number of hydrogen-bond acceptors (Lipinski definition) is 3. The summed E-state index contributed by atoms with van der Waals surface area (Å²) < 4.78 is 38.9. The Morgan fingerprint density at radius 1 is 0.857 bits per heavy atom. The fraction of sp³-hybridized carbons (Fsp3) is 0.714. The highest BCUT2D eigenvalue weighted by atomic mass is 35.5. The third kappa shape index (κ3) is 3.88. The van der Waals surface area contributed by atoms with Gasteiger partial charge in [-0.3, -0.25) is 5.43 Å². The first-order valence-corrected chi connectivity index (χ1v) is 10.4. The Bertz CT molecular complexity index is 660. The molecule has 3 nitrogen and oxygen atoms in total. The number of anilines is 1. The SMILES string of the molecule is Cl.FC(F)(F)c1cccc(N2CCN(NC3C4CC5CC(C4)CC3C5)CC2)c1. The van der Waals surface area contributed by atoms with Gasteiger partial charge in [0.2, 0.25) is 0 Å². The molecule has 1 N–H and O–H groups in total. The summed E-state index contributed by atoms with van der Waals surface area (Å²) in [5.41, 5.74) is 3.95. The Balaban J connectivity index is 0.00000192. The number of hydrogen-bond donors (Lipinski definition) is 1. The minimum atomic E-state index is -4.28. The van der Waals surface area contributed by atoms with E-state index < -0.39 is 11.7 Å². The van der Waals surface area contributed by atoms with Crippen molar-refractivity contribution in [3.63, 3.8) is 0 Å². The lowest BCUT2D eigenvalue weighted by Crippen LogP contribution is -2.61. The summed E-state index contributed by atoms with van der Waals surface area (Å²) in [5, 5.41) is 2.33. The number of piperazine rings is 1. The van der Waals surface area contributed by atoms with Gasteiger partial charge in [-0.1, -0.05) is 6.07 Å². The molecule has 4 bridgehead atoms. The molecule has 1 aromatic rings. The van der Waals surface area contributed by atoms with Gasteiger partial charge in [0, 0.05) is 37.9 Å². The van der Waals surface area contributed by atoms with Gasteiger partial charge in [-0.05, 0) is 74.0 Å². The van der Waals surface area contributed by atoms with Gasteiger partial charge < -0.3 is 4.90 Å². The first-order valence-electron chi connectivity index (χ1n) is 10.4. The van der Waals surface area contributed by atoms with Crippen LogP contribution in [0.5, 0.6) is 0 Å². The lowest BCUT2D eigenvalue weighted by atomic mass is 9.54. The van der Waals surface area contributed by atoms with Crippen LogP contribution in [0.25, 0.3) is 0 Å². The number of halogens is 4. The van der Waals surface area contributed by atoms with Gasteiger partial charge in [0.1, 0.15) is 0 Å². The number of alkyl halides is 3. The van der Waals surface area contributed by atoms with E-state index in [1.807, 2.05) is 0 Å². The molecule has 4 saturated carbocycles. The summed E-state index contributed by atoms with van der Waals surface area (Å²) in [7, 11) is 0. The zero-order valence-corrected chi connectivity index (χ0v) is 16.8. The molecule has 1 aliphatic heterocycles. The number of hydrazine groups is 1. The molecule has 5 aliphatic rings. The average Bonchev–Trinajstić information content (AvgIpc) is 2.64. The summed E-state index contributed by atoms with van der Waals surface area (Å²) in [5.74, 6) is 3.62. The van der Waals surface area contributed by atoms with Gasteiger partial charge in [-0.2, -0.15) is 13.2 Å². The van der Waals surface area contributed by atoms with E-state index in [-0.39, 0.29) is 12.4 Å². The highest BCUT2D eigenvalue weighted by Crippen LogP contribution is 2.53. The predicted octanol–water partition coefficient (Wildman–Crippen LogP) is 4.58. The normalized spacial score (nSPS) is 35.1. The summed E-state index contributed by atoms with van der Waals surface area (Å²) in [4.78, 5) is 2.07. The maximum absolute atomic E-state index is 13.0. The zero-order chi connectivity index (χ0) is 18.6. The quantitative estimate of drug-likeness (QED) is 0.779. The predicted molar refractivity (Wildman–Crippen MR) is 106 cm³/mol. The summed E-state index contributed by atoms with van der Waals surface area (Å²) in [6.45, 7) is 3.25. The third-order valence-corrected chi connectivity index (χ3v) is 7.38. The van der Waals surface area contributed by atoms with Crippen molar-refractivity contribution < 1.29 is 13.2 Å². The Kier molecular flexibility index (Phi) is 5.58. The summed E-state index contributed by atoms with van der Waals surface area (Å²) in [6.07, 6.45) is 2.78. The van der Waals surface area contributed by atoms with Gasteiger partial charge >= 0.3 is 6.18 Å². The maximum atomic E-state index is 13.0. The van der Waals surface area contributed by atoms with Gasteiger partial charge in [0.15, 0.2) is 0 Å². The molecular formula is C21H29ClF3N3. The van der Waals surface area contributed by atoms with Gasteiger partial charge in [-0.15, -0.1) is 12.4 Å². The number of rotatable bonds is 3.